The molecule has 0 saturated carbocycles. The number of carboxylic acids is 1. The number of fused-ring (bicyclic) bond motifs is 15. The second-order valence-electron chi connectivity index (χ2n) is 32.3. The number of hydrogen-bond acceptors (Lipinski definition) is 31. The highest BCUT2D eigenvalue weighted by atomic mass is 35.5. The smallest absolute Gasteiger partial charge is 0.416 e. The maximum absolute atomic E-state index is 16.4. The monoisotopic (exact) mass is 1860 g/mol. The van der Waals surface area contributed by atoms with Crippen LogP contribution in [0.25, 0.3) is 21.6 Å². The molecule has 11 bridgehead atoms. The summed E-state index contributed by atoms with van der Waals surface area (Å²) in [6, 6.07) is 6.52. The molecule has 7 aromatic rings. The average Bonchev–Trinajstić information content (AvgIpc) is 1.52. The van der Waals surface area contributed by atoms with Crippen LogP contribution in [-0.4, -0.2) is 238 Å². The number of phenols is 3. The largest absolute Gasteiger partial charge is 0.508 e. The van der Waals surface area contributed by atoms with E-state index in [0.717, 1.165) is 78.9 Å². The number of aliphatic hydroxyl groups excluding tert-OH is 8. The number of phenolic OH excluding ortho intramolecular Hbond substituents is 3. The molecule has 24 N–H and O–H groups in total. The molecule has 8 aliphatic heterocycles. The molecule has 9 heterocycles. The molecule has 44 heteroatoms. The fourth-order valence-electron chi connectivity index (χ4n) is 15.8. The second kappa shape index (κ2) is 39.9. The Morgan fingerprint density at radius 1 is 0.674 bits per heavy atom. The van der Waals surface area contributed by atoms with Crippen molar-refractivity contribution in [1.29, 1.82) is 0 Å². The van der Waals surface area contributed by atoms with E-state index in [2.05, 4.69) is 42.5 Å². The van der Waals surface area contributed by atoms with E-state index in [0.29, 0.717) is 15.3 Å². The van der Waals surface area contributed by atoms with Crippen molar-refractivity contribution < 1.29 is 151 Å². The van der Waals surface area contributed by atoms with Crippen molar-refractivity contribution in [3.05, 3.63) is 164 Å². The van der Waals surface area contributed by atoms with E-state index in [4.69, 9.17) is 72.6 Å². The minimum absolute atomic E-state index is 0. The van der Waals surface area contributed by atoms with Gasteiger partial charge < -0.3 is 153 Å². The number of carboxylic acid groups (broad SMARTS) is 1. The fourth-order valence-corrected chi connectivity index (χ4v) is 17.2. The Bertz CT molecular complexity index is 5350. The number of aliphatic hydroxyl groups is 8. The Hall–Kier alpha value is -10.7. The van der Waals surface area contributed by atoms with Crippen LogP contribution in [0.2, 0.25) is 10.0 Å². The van der Waals surface area contributed by atoms with Gasteiger partial charge in [-0.15, -0.1) is 11.3 Å². The zero-order chi connectivity index (χ0) is 92.7. The molecule has 6 aromatic carbocycles. The van der Waals surface area contributed by atoms with Gasteiger partial charge in [0.05, 0.1) is 46.9 Å². The molecule has 3 saturated heterocycles. The van der Waals surface area contributed by atoms with Crippen LogP contribution < -0.4 is 68.2 Å². The number of likely N-dealkylation sites (N-methyl/N-ethyl adjacent to an activating group) is 1. The number of nitrogens with one attached hydrogen (secondary N) is 8. The number of ether oxygens (including phenoxy) is 8. The molecular weight excluding hydrogens is 1770 g/mol. The minimum Gasteiger partial charge on any atom is -0.508 e. The van der Waals surface area contributed by atoms with E-state index in [9.17, 15) is 88.8 Å². The molecule has 0 spiro atoms. The van der Waals surface area contributed by atoms with E-state index < -0.39 is 296 Å². The number of aromatic hydroxyl groups is 3. The Labute approximate surface area is 747 Å². The summed E-state index contributed by atoms with van der Waals surface area (Å²) in [6.45, 7) is 5.13. The molecule has 1 aromatic heterocycles. The van der Waals surface area contributed by atoms with Crippen LogP contribution in [-0.2, 0) is 74.8 Å². The van der Waals surface area contributed by atoms with Gasteiger partial charge in [0.15, 0.2) is 30.1 Å². The van der Waals surface area contributed by atoms with Crippen molar-refractivity contribution in [1.82, 2.24) is 42.5 Å². The quantitative estimate of drug-likeness (QED) is 0.0521. The lowest BCUT2D eigenvalue weighted by atomic mass is 9.86. The normalized spacial score (nSPS) is 29.3. The van der Waals surface area contributed by atoms with Gasteiger partial charge in [0, 0.05) is 57.6 Å². The van der Waals surface area contributed by atoms with E-state index in [-0.39, 0.29) is 50.4 Å². The number of carbonyl (C=O) groups excluding carboxylic acids is 7. The fraction of sp³-hybridized carbons (Fsp3) is 0.435. The maximum atomic E-state index is 16.4. The lowest BCUT2D eigenvalue weighted by Gasteiger charge is -2.46. The van der Waals surface area contributed by atoms with Crippen LogP contribution in [0.4, 0.5) is 13.2 Å². The number of primary amides is 1. The molecule has 3 fully saturated rings. The summed E-state index contributed by atoms with van der Waals surface area (Å²) in [7, 11) is 1.45. The van der Waals surface area contributed by atoms with Crippen molar-refractivity contribution in [3.63, 3.8) is 0 Å². The van der Waals surface area contributed by atoms with Gasteiger partial charge in [-0.05, 0) is 140 Å². The van der Waals surface area contributed by atoms with Crippen LogP contribution in [0.1, 0.15) is 123 Å². The summed E-state index contributed by atoms with van der Waals surface area (Å²) in [5, 5.41) is 159. The molecule has 23 atom stereocenters. The third-order valence-electron chi connectivity index (χ3n) is 22.5. The van der Waals surface area contributed by atoms with Crippen LogP contribution >= 0.6 is 34.5 Å². The number of rotatable bonds is 20. The minimum atomic E-state index is -4.56. The Morgan fingerprint density at radius 2 is 1.29 bits per heavy atom. The topological polar surface area (TPSA) is 601 Å². The van der Waals surface area contributed by atoms with Crippen molar-refractivity contribution in [2.24, 2.45) is 17.4 Å². The number of alkyl halides is 3. The van der Waals surface area contributed by atoms with Gasteiger partial charge >= 0.3 is 12.1 Å². The van der Waals surface area contributed by atoms with E-state index in [1.165, 1.54) is 56.5 Å². The van der Waals surface area contributed by atoms with E-state index in [1.807, 2.05) is 0 Å². The van der Waals surface area contributed by atoms with Crippen LogP contribution in [0.5, 0.6) is 46.0 Å². The standard InChI is InChI=1S/C84H93Cl2F3N10O28S.CH4/c1-31(2)18-45(92-5)74(112)98-62-64(105)35-9-15-49(43(85)20-35)121-51-22-37-23-52(71(51)126-82-69(110)67(108)72(54(30-100)124-82)127-81-68(109)66(107)65(106)53(123-81)29-93-28-40-13-17-55(128-40)33-6-11-38(12-7-33)84(87,88)89)122-50-16-10-36(21-44(50)86)70(125-57-27-83(4,91)73(111)32(3)120-57)63-79(117)97-61(80(118)119)42-24-39(101)25-48(103)58(42)41-19-34(8-14-47(41)102)59(76(114)99-63)96-77(115)60(37)95-75(113)46(26-56(90)104)94-78(62)116;/h6-17,19-25,31-32,45-46,53-54,57,59-70,72-73,81-82,92-93,100-103,105-111H,18,26-30,91H2,1-5H3,(H2,90,104)(H,94,116)(H,95,113)(H,96,115)(H,97,117)(H,98,112)(H,99,114)(H,118,119);1H4/t32-,45+,46+,53+,54+,57?,59-,60+,61-,62?,63-,64+,65-,66-,67+,68+,69+,70+,72+,73-,81-,82-,83-;/m0./s1. The molecule has 15 rings (SSSR count). The predicted octanol–water partition coefficient (Wildman–Crippen LogP) is 3.11. The van der Waals surface area contributed by atoms with Crippen LogP contribution in [0.3, 0.4) is 0 Å². The highest BCUT2D eigenvalue weighted by Crippen LogP contribution is 2.51. The summed E-state index contributed by atoms with van der Waals surface area (Å²) in [5.74, 6) is -17.0. The maximum Gasteiger partial charge on any atom is 0.416 e. The molecule has 7 amide bonds. The molecule has 8 aliphatic rings. The molecule has 0 aliphatic carbocycles. The Balaban J connectivity index is 0.0000151. The van der Waals surface area contributed by atoms with Crippen molar-refractivity contribution >= 4 is 81.9 Å². The summed E-state index contributed by atoms with van der Waals surface area (Å²) in [4.78, 5) is 122. The van der Waals surface area contributed by atoms with Gasteiger partial charge in [0.1, 0.15) is 120 Å². The number of thiophene rings is 1. The lowest BCUT2D eigenvalue weighted by Crippen LogP contribution is -2.65. The molecule has 129 heavy (non-hydrogen) atoms. The second-order valence-corrected chi connectivity index (χ2v) is 34.3. The Morgan fingerprint density at radius 3 is 1.91 bits per heavy atom. The van der Waals surface area contributed by atoms with E-state index in [1.54, 1.807) is 26.0 Å². The highest BCUT2D eigenvalue weighted by Gasteiger charge is 2.53. The number of benzene rings is 6. The number of halogens is 5. The highest BCUT2D eigenvalue weighted by molar-refractivity contribution is 7.15. The number of aliphatic carboxylic acids is 1. The van der Waals surface area contributed by atoms with Gasteiger partial charge in [0.25, 0.3) is 0 Å². The number of nitrogens with two attached hydrogens (primary N) is 2. The first-order valence-electron chi connectivity index (χ1n) is 40.1. The third-order valence-corrected chi connectivity index (χ3v) is 24.2. The van der Waals surface area contributed by atoms with Gasteiger partial charge in [0.2, 0.25) is 53.4 Å². The van der Waals surface area contributed by atoms with Crippen LogP contribution in [0.15, 0.2) is 115 Å². The molecule has 696 valence electrons. The molecular formula is C85H97Cl2F3N10O28S. The first-order chi connectivity index (χ1) is 60.5. The zero-order valence-corrected chi connectivity index (χ0v) is 70.7. The number of carbonyl (C=O) groups is 8. The van der Waals surface area contributed by atoms with Crippen LogP contribution in [0, 0.1) is 5.92 Å². The average molecular weight is 1870 g/mol. The predicted molar refractivity (Wildman–Crippen MR) is 448 cm³/mol. The number of amides is 7. The van der Waals surface area contributed by atoms with E-state index >= 15 is 24.0 Å². The molecule has 2 unspecified atom stereocenters. The van der Waals surface area contributed by atoms with Gasteiger partial charge in [-0.1, -0.05) is 74.8 Å². The lowest BCUT2D eigenvalue weighted by molar-refractivity contribution is -0.350. The third kappa shape index (κ3) is 21.3. The zero-order valence-electron chi connectivity index (χ0n) is 68.3. The van der Waals surface area contributed by atoms with Crippen molar-refractivity contribution in [2.75, 3.05) is 20.2 Å². The first-order valence-corrected chi connectivity index (χ1v) is 41.7. The molecule has 0 radical (unpaired) electrons. The summed E-state index contributed by atoms with van der Waals surface area (Å²) in [6.07, 6.45) is -34.4. The first kappa shape index (κ1) is 97.4. The van der Waals surface area contributed by atoms with Crippen molar-refractivity contribution in [3.8, 4) is 67.6 Å². The summed E-state index contributed by atoms with van der Waals surface area (Å²) in [5.41, 5.74) is 7.49. The van der Waals surface area contributed by atoms with Gasteiger partial charge in [-0.25, -0.2) is 4.79 Å². The Kier molecular flexibility index (Phi) is 30.2. The SMILES string of the molecule is C.CN[C@H](CC(C)C)C(=O)NC1C(=O)N[C@H](CC(N)=O)C(=O)N[C@H]2C(=O)N[C@@H]3C(=O)N[C@H](C(=O)N[C@H](C(=O)O)c4cc(O)cc(O)c4-c4cc3ccc4O)[C@H](OC3C[C@](C)(N)[C@@H](O)[C@H](C)O3)c3ccc(c(Cl)c3)Oc3cc2cc(c3O[C@@H]2O[C@H](CO)[C@@H](O[C@@H]3O[C@H](CNCc4ccc(-c5ccc(C(F)(F)F)cc5)s4)[C@H](O)[C@H](O)[C@H]3O)[C@H](O)[C@H]2O)Oc2ccc(cc2Cl)[C@H]1O. The van der Waals surface area contributed by atoms with Gasteiger partial charge in [-0.2, -0.15) is 13.2 Å². The number of hydrogen-bond donors (Lipinski definition) is 22. The van der Waals surface area contributed by atoms with Crippen molar-refractivity contribution in [2.45, 2.75) is 207 Å². The summed E-state index contributed by atoms with van der Waals surface area (Å²) < 4.78 is 91.1. The molecule has 38 nitrogen and oxygen atoms in total. The summed E-state index contributed by atoms with van der Waals surface area (Å²) >= 11 is 15.7. The van der Waals surface area contributed by atoms with Gasteiger partial charge in [-0.3, -0.25) is 33.6 Å².